The molecule has 0 bridgehead atoms. The number of anilines is 3. The Morgan fingerprint density at radius 3 is 2.51 bits per heavy atom. The molecule has 2 heterocycles. The van der Waals surface area contributed by atoms with Crippen molar-refractivity contribution in [3.05, 3.63) is 96.2 Å². The molecule has 0 unspecified atom stereocenters. The first-order valence-corrected chi connectivity index (χ1v) is 11.6. The Labute approximate surface area is 221 Å². The molecule has 11 heteroatoms. The topological polar surface area (TPSA) is 127 Å². The lowest BCUT2D eigenvalue weighted by Gasteiger charge is -2.13. The molecule has 0 aliphatic rings. The van der Waals surface area contributed by atoms with Crippen molar-refractivity contribution in [2.75, 3.05) is 24.9 Å². The highest BCUT2D eigenvalue weighted by Gasteiger charge is 2.15. The molecule has 1 amide bonds. The highest BCUT2D eigenvalue weighted by atomic mass is 19.1. The first-order valence-electron chi connectivity index (χ1n) is 11.6. The summed E-state index contributed by atoms with van der Waals surface area (Å²) in [5.74, 6) is -1.21. The third-order valence-corrected chi connectivity index (χ3v) is 5.90. The molecule has 39 heavy (non-hydrogen) atoms. The number of nitrogens with zero attached hydrogens (tertiary/aromatic N) is 3. The number of rotatable bonds is 8. The van der Waals surface area contributed by atoms with Crippen LogP contribution in [0.15, 0.2) is 79.3 Å². The van der Waals surface area contributed by atoms with Crippen LogP contribution in [0, 0.1) is 5.82 Å². The lowest BCUT2D eigenvalue weighted by atomic mass is 10.1. The fourth-order valence-electron chi connectivity index (χ4n) is 3.99. The average Bonchev–Trinajstić information content (AvgIpc) is 3.42. The zero-order valence-corrected chi connectivity index (χ0v) is 20.8. The molecule has 0 spiro atoms. The number of carbonyl (C=O) groups is 2. The van der Waals surface area contributed by atoms with Gasteiger partial charge < -0.3 is 29.6 Å². The fraction of sp³-hybridized carbons (Fsp3) is 0.0714. The number of halogens is 1. The van der Waals surface area contributed by atoms with Crippen LogP contribution in [0.5, 0.6) is 11.5 Å². The first-order chi connectivity index (χ1) is 18.9. The number of carboxylic acids is 1. The summed E-state index contributed by atoms with van der Waals surface area (Å²) in [6.45, 7) is 0. The minimum Gasteiger partial charge on any atom is -0.493 e. The summed E-state index contributed by atoms with van der Waals surface area (Å²) < 4.78 is 26.6. The van der Waals surface area contributed by atoms with E-state index in [-0.39, 0.29) is 5.69 Å². The van der Waals surface area contributed by atoms with E-state index in [4.69, 9.17) is 19.6 Å². The smallest absolute Gasteiger partial charge is 0.338 e. The largest absolute Gasteiger partial charge is 0.493 e. The molecular formula is C28H22FN5O5. The molecule has 3 aromatic carbocycles. The Kier molecular flexibility index (Phi) is 6.79. The third kappa shape index (κ3) is 5.18. The number of carboxylic acid groups (broad SMARTS) is 1. The molecule has 196 valence electrons. The lowest BCUT2D eigenvalue weighted by molar-refractivity contribution is 0.0691. The van der Waals surface area contributed by atoms with Crippen LogP contribution in [0.1, 0.15) is 20.7 Å². The monoisotopic (exact) mass is 527 g/mol. The predicted molar refractivity (Wildman–Crippen MR) is 143 cm³/mol. The van der Waals surface area contributed by atoms with Gasteiger partial charge in [0.05, 0.1) is 25.5 Å². The minimum atomic E-state index is -1.39. The molecule has 0 fully saturated rings. The number of hydrogen-bond donors (Lipinski definition) is 3. The summed E-state index contributed by atoms with van der Waals surface area (Å²) in [7, 11) is 3.11. The zero-order chi connectivity index (χ0) is 27.5. The van der Waals surface area contributed by atoms with E-state index in [0.717, 1.165) is 12.1 Å². The van der Waals surface area contributed by atoms with Gasteiger partial charge >= 0.3 is 5.97 Å². The molecule has 0 aliphatic carbocycles. The van der Waals surface area contributed by atoms with Crippen molar-refractivity contribution in [1.29, 1.82) is 0 Å². The third-order valence-electron chi connectivity index (χ3n) is 5.90. The van der Waals surface area contributed by atoms with Gasteiger partial charge in [-0.2, -0.15) is 0 Å². The van der Waals surface area contributed by atoms with E-state index in [1.807, 2.05) is 16.5 Å². The molecule has 0 saturated carbocycles. The average molecular weight is 528 g/mol. The Balaban J connectivity index is 1.44. The summed E-state index contributed by atoms with van der Waals surface area (Å²) in [5.41, 5.74) is 2.47. The van der Waals surface area contributed by atoms with E-state index in [9.17, 15) is 14.0 Å². The van der Waals surface area contributed by atoms with Gasteiger partial charge in [-0.25, -0.2) is 19.2 Å². The van der Waals surface area contributed by atoms with Crippen LogP contribution in [0.3, 0.4) is 0 Å². The Hall–Kier alpha value is -5.45. The number of aromatic carboxylic acids is 1. The lowest BCUT2D eigenvalue weighted by Crippen LogP contribution is -2.12. The number of nitrogens with one attached hydrogen (secondary N) is 2. The zero-order valence-electron chi connectivity index (χ0n) is 20.8. The van der Waals surface area contributed by atoms with E-state index in [2.05, 4.69) is 15.6 Å². The number of imidazole rings is 1. The molecule has 0 atom stereocenters. The van der Waals surface area contributed by atoms with Crippen LogP contribution in [0.25, 0.3) is 16.9 Å². The summed E-state index contributed by atoms with van der Waals surface area (Å²) in [6, 6.07) is 15.6. The van der Waals surface area contributed by atoms with Gasteiger partial charge in [0, 0.05) is 47.2 Å². The highest BCUT2D eigenvalue weighted by molar-refractivity contribution is 6.05. The van der Waals surface area contributed by atoms with Crippen molar-refractivity contribution in [3.8, 4) is 22.8 Å². The van der Waals surface area contributed by atoms with E-state index in [0.29, 0.717) is 45.5 Å². The predicted octanol–water partition coefficient (Wildman–Crippen LogP) is 5.25. The molecule has 3 N–H and O–H groups in total. The van der Waals surface area contributed by atoms with Crippen LogP contribution in [-0.2, 0) is 0 Å². The van der Waals surface area contributed by atoms with Crippen LogP contribution in [0.2, 0.25) is 0 Å². The summed E-state index contributed by atoms with van der Waals surface area (Å²) in [6.07, 6.45) is 5.23. The molecule has 10 nitrogen and oxygen atoms in total. The molecule has 0 saturated heterocycles. The van der Waals surface area contributed by atoms with Crippen molar-refractivity contribution >= 4 is 34.7 Å². The quantitative estimate of drug-likeness (QED) is 0.250. The van der Waals surface area contributed by atoms with Gasteiger partial charge in [0.25, 0.3) is 5.91 Å². The summed E-state index contributed by atoms with van der Waals surface area (Å²) >= 11 is 0. The standard InChI is InChI=1S/C28H22FN5O5/c1-38-23-9-7-19(14-24(23)39-2)31-25-26-30-10-11-34(26)15-22(33-25)16-4-3-5-17(12-16)27(35)32-18-6-8-20(28(36)37)21(29)13-18/h3-15H,1-2H3,(H,31,33)(H,32,35)(H,36,37). The van der Waals surface area contributed by atoms with Gasteiger partial charge in [0.2, 0.25) is 0 Å². The Bertz CT molecular complexity index is 1720. The highest BCUT2D eigenvalue weighted by Crippen LogP contribution is 2.32. The maximum Gasteiger partial charge on any atom is 0.338 e. The molecule has 0 aliphatic heterocycles. The van der Waals surface area contributed by atoms with Crippen molar-refractivity contribution in [2.24, 2.45) is 0 Å². The van der Waals surface area contributed by atoms with E-state index in [1.165, 1.54) is 6.07 Å². The number of aromatic nitrogens is 3. The van der Waals surface area contributed by atoms with Gasteiger partial charge in [-0.3, -0.25) is 4.79 Å². The second-order valence-corrected chi connectivity index (χ2v) is 8.36. The number of fused-ring (bicyclic) bond motifs is 1. The SMILES string of the molecule is COc1ccc(Nc2nc(-c3cccc(C(=O)Nc4ccc(C(=O)O)c(F)c4)c3)cn3ccnc23)cc1OC. The molecule has 5 aromatic rings. The molecule has 0 radical (unpaired) electrons. The van der Waals surface area contributed by atoms with E-state index in [1.54, 1.807) is 63.1 Å². The van der Waals surface area contributed by atoms with Gasteiger partial charge in [-0.1, -0.05) is 12.1 Å². The first kappa shape index (κ1) is 25.2. The fourth-order valence-corrected chi connectivity index (χ4v) is 3.99. The van der Waals surface area contributed by atoms with Crippen LogP contribution in [-0.4, -0.2) is 45.6 Å². The Morgan fingerprint density at radius 1 is 0.974 bits per heavy atom. The maximum absolute atomic E-state index is 14.0. The van der Waals surface area contributed by atoms with Crippen molar-refractivity contribution < 1.29 is 28.6 Å². The number of carbonyl (C=O) groups excluding carboxylic acids is 1. The van der Waals surface area contributed by atoms with Gasteiger partial charge in [-0.15, -0.1) is 0 Å². The normalized spacial score (nSPS) is 10.7. The second-order valence-electron chi connectivity index (χ2n) is 8.36. The van der Waals surface area contributed by atoms with Gasteiger partial charge in [0.15, 0.2) is 23.0 Å². The van der Waals surface area contributed by atoms with Crippen molar-refractivity contribution in [1.82, 2.24) is 14.4 Å². The number of hydrogen-bond acceptors (Lipinski definition) is 7. The molecule has 2 aromatic heterocycles. The summed E-state index contributed by atoms with van der Waals surface area (Å²) in [5, 5.41) is 14.9. The van der Waals surface area contributed by atoms with Gasteiger partial charge in [-0.05, 0) is 42.5 Å². The maximum atomic E-state index is 14.0. The summed E-state index contributed by atoms with van der Waals surface area (Å²) in [4.78, 5) is 33.1. The number of ether oxygens (including phenoxy) is 2. The minimum absolute atomic E-state index is 0.132. The van der Waals surface area contributed by atoms with Gasteiger partial charge in [0.1, 0.15) is 5.82 Å². The number of amides is 1. The van der Waals surface area contributed by atoms with E-state index < -0.39 is 23.3 Å². The van der Waals surface area contributed by atoms with Crippen LogP contribution < -0.4 is 20.1 Å². The molecule has 5 rings (SSSR count). The second kappa shape index (κ2) is 10.5. The van der Waals surface area contributed by atoms with Crippen molar-refractivity contribution in [2.45, 2.75) is 0 Å². The number of benzene rings is 3. The van der Waals surface area contributed by atoms with Crippen LogP contribution in [0.4, 0.5) is 21.6 Å². The van der Waals surface area contributed by atoms with E-state index >= 15 is 0 Å². The van der Waals surface area contributed by atoms with Crippen LogP contribution >= 0.6 is 0 Å². The number of methoxy groups -OCH3 is 2. The Morgan fingerprint density at radius 2 is 1.77 bits per heavy atom. The van der Waals surface area contributed by atoms with Crippen molar-refractivity contribution in [3.63, 3.8) is 0 Å². The molecular weight excluding hydrogens is 505 g/mol.